The predicted octanol–water partition coefficient (Wildman–Crippen LogP) is 2.49. The smallest absolute Gasteiger partial charge is 0.337 e. The standard InChI is InChI=1S/C16H23O7P/c1-12(13-7-5-4-6-8-13)23-16(19)10-14(17)9-15(18)11-24(20,21-2)22-3/h4-8,12,14,17H,9-11H2,1-3H3/t12-,14-/m1/s1. The van der Waals surface area contributed by atoms with Crippen molar-refractivity contribution < 1.29 is 33.0 Å². The number of ketones is 1. The van der Waals surface area contributed by atoms with Crippen LogP contribution in [0, 0.1) is 0 Å². The van der Waals surface area contributed by atoms with Gasteiger partial charge in [0.1, 0.15) is 18.0 Å². The Labute approximate surface area is 141 Å². The molecule has 0 heterocycles. The SMILES string of the molecule is COP(=O)(CC(=O)C[C@@H](O)CC(=O)O[C@H](C)c1ccccc1)OC. The molecule has 2 atom stereocenters. The average Bonchev–Trinajstić information content (AvgIpc) is 2.54. The normalized spacial score (nSPS) is 14.0. The molecule has 0 saturated heterocycles. The highest BCUT2D eigenvalue weighted by atomic mass is 31.2. The molecule has 24 heavy (non-hydrogen) atoms. The van der Waals surface area contributed by atoms with Crippen molar-refractivity contribution in [1.29, 1.82) is 0 Å². The van der Waals surface area contributed by atoms with Gasteiger partial charge in [0.15, 0.2) is 0 Å². The Morgan fingerprint density at radius 1 is 1.12 bits per heavy atom. The minimum Gasteiger partial charge on any atom is -0.458 e. The van der Waals surface area contributed by atoms with E-state index in [9.17, 15) is 19.3 Å². The first kappa shape index (κ1) is 20.5. The monoisotopic (exact) mass is 358 g/mol. The third kappa shape index (κ3) is 6.93. The van der Waals surface area contributed by atoms with Crippen molar-refractivity contribution in [2.45, 2.75) is 32.0 Å². The van der Waals surface area contributed by atoms with Crippen LogP contribution in [0.1, 0.15) is 31.4 Å². The Balaban J connectivity index is 2.44. The second-order valence-corrected chi connectivity index (χ2v) is 7.55. The van der Waals surface area contributed by atoms with Crippen LogP contribution in [-0.2, 0) is 27.9 Å². The number of aliphatic hydroxyl groups excluding tert-OH is 1. The van der Waals surface area contributed by atoms with E-state index in [1.165, 1.54) is 14.2 Å². The molecule has 0 bridgehead atoms. The van der Waals surface area contributed by atoms with E-state index in [4.69, 9.17) is 4.74 Å². The molecule has 0 unspecified atom stereocenters. The van der Waals surface area contributed by atoms with Crippen molar-refractivity contribution >= 4 is 19.3 Å². The quantitative estimate of drug-likeness (QED) is 0.507. The number of carbonyl (C=O) groups is 2. The number of aliphatic hydroxyl groups is 1. The van der Waals surface area contributed by atoms with Gasteiger partial charge in [0.05, 0.1) is 12.5 Å². The van der Waals surface area contributed by atoms with Crippen LogP contribution < -0.4 is 0 Å². The van der Waals surface area contributed by atoms with E-state index >= 15 is 0 Å². The Hall–Kier alpha value is -1.53. The molecular formula is C16H23O7P. The molecule has 1 N–H and O–H groups in total. The van der Waals surface area contributed by atoms with E-state index in [0.29, 0.717) is 0 Å². The molecule has 0 radical (unpaired) electrons. The lowest BCUT2D eigenvalue weighted by molar-refractivity contribution is -0.151. The van der Waals surface area contributed by atoms with Crippen LogP contribution in [-0.4, -0.2) is 43.3 Å². The van der Waals surface area contributed by atoms with E-state index in [-0.39, 0.29) is 12.8 Å². The Bertz CT molecular complexity index is 579. The highest BCUT2D eigenvalue weighted by molar-refractivity contribution is 7.54. The molecule has 1 rings (SSSR count). The van der Waals surface area contributed by atoms with Crippen molar-refractivity contribution in [3.05, 3.63) is 35.9 Å². The summed E-state index contributed by atoms with van der Waals surface area (Å²) in [5, 5.41) is 9.82. The van der Waals surface area contributed by atoms with Crippen LogP contribution in [0.4, 0.5) is 0 Å². The zero-order valence-electron chi connectivity index (χ0n) is 14.0. The maximum absolute atomic E-state index is 11.8. The molecule has 1 aromatic rings. The Morgan fingerprint density at radius 3 is 2.25 bits per heavy atom. The van der Waals surface area contributed by atoms with Crippen LogP contribution in [0.5, 0.6) is 0 Å². The van der Waals surface area contributed by atoms with Gasteiger partial charge in [-0.05, 0) is 12.5 Å². The molecule has 7 nitrogen and oxygen atoms in total. The summed E-state index contributed by atoms with van der Waals surface area (Å²) in [6.07, 6.45) is -2.77. The van der Waals surface area contributed by atoms with E-state index in [0.717, 1.165) is 5.56 Å². The average molecular weight is 358 g/mol. The predicted molar refractivity (Wildman–Crippen MR) is 87.7 cm³/mol. The zero-order valence-corrected chi connectivity index (χ0v) is 14.9. The second kappa shape index (κ2) is 9.69. The van der Waals surface area contributed by atoms with Crippen LogP contribution in [0.15, 0.2) is 30.3 Å². The van der Waals surface area contributed by atoms with Crippen LogP contribution in [0.3, 0.4) is 0 Å². The van der Waals surface area contributed by atoms with Gasteiger partial charge in [-0.2, -0.15) is 0 Å². The van der Waals surface area contributed by atoms with Gasteiger partial charge in [0.2, 0.25) is 0 Å². The van der Waals surface area contributed by atoms with E-state index in [2.05, 4.69) is 9.05 Å². The molecule has 0 aromatic heterocycles. The molecule has 0 fully saturated rings. The van der Waals surface area contributed by atoms with Gasteiger partial charge in [0, 0.05) is 20.6 Å². The number of esters is 1. The third-order valence-corrected chi connectivity index (χ3v) is 5.22. The second-order valence-electron chi connectivity index (χ2n) is 5.28. The zero-order chi connectivity index (χ0) is 18.2. The van der Waals surface area contributed by atoms with Crippen molar-refractivity contribution in [2.75, 3.05) is 20.4 Å². The summed E-state index contributed by atoms with van der Waals surface area (Å²) in [7, 11) is -1.11. The lowest BCUT2D eigenvalue weighted by atomic mass is 10.1. The van der Waals surface area contributed by atoms with Gasteiger partial charge < -0.3 is 18.9 Å². The summed E-state index contributed by atoms with van der Waals surface area (Å²) in [6.45, 7) is 1.72. The number of hydrogen-bond acceptors (Lipinski definition) is 7. The van der Waals surface area contributed by atoms with Crippen LogP contribution in [0.2, 0.25) is 0 Å². The summed E-state index contributed by atoms with van der Waals surface area (Å²) in [6, 6.07) is 9.16. The Kier molecular flexibility index (Phi) is 8.28. The van der Waals surface area contributed by atoms with E-state index < -0.39 is 37.7 Å². The van der Waals surface area contributed by atoms with Gasteiger partial charge >= 0.3 is 13.6 Å². The lowest BCUT2D eigenvalue weighted by Gasteiger charge is -2.16. The maximum atomic E-state index is 11.8. The largest absolute Gasteiger partial charge is 0.458 e. The summed E-state index contributed by atoms with van der Waals surface area (Å²) < 4.78 is 26.4. The Morgan fingerprint density at radius 2 is 1.71 bits per heavy atom. The number of carbonyl (C=O) groups excluding carboxylic acids is 2. The lowest BCUT2D eigenvalue weighted by Crippen LogP contribution is -2.22. The topological polar surface area (TPSA) is 99.1 Å². The fourth-order valence-corrected chi connectivity index (χ4v) is 3.02. The fraction of sp³-hybridized carbons (Fsp3) is 0.500. The number of ether oxygens (including phenoxy) is 1. The molecule has 0 spiro atoms. The highest BCUT2D eigenvalue weighted by Gasteiger charge is 2.27. The van der Waals surface area contributed by atoms with Gasteiger partial charge in [-0.3, -0.25) is 14.2 Å². The summed E-state index contributed by atoms with van der Waals surface area (Å²) >= 11 is 0. The van der Waals surface area contributed by atoms with Crippen LogP contribution in [0.25, 0.3) is 0 Å². The number of benzene rings is 1. The molecule has 0 amide bonds. The van der Waals surface area contributed by atoms with Gasteiger partial charge in [-0.25, -0.2) is 0 Å². The van der Waals surface area contributed by atoms with Crippen molar-refractivity contribution in [3.63, 3.8) is 0 Å². The van der Waals surface area contributed by atoms with Gasteiger partial charge in [0.25, 0.3) is 0 Å². The van der Waals surface area contributed by atoms with Gasteiger partial charge in [-0.1, -0.05) is 30.3 Å². The molecular weight excluding hydrogens is 335 g/mol. The number of hydrogen-bond donors (Lipinski definition) is 1. The van der Waals surface area contributed by atoms with E-state index in [1.807, 2.05) is 30.3 Å². The first-order chi connectivity index (χ1) is 11.3. The minimum atomic E-state index is -3.47. The van der Waals surface area contributed by atoms with Crippen molar-refractivity contribution in [2.24, 2.45) is 0 Å². The first-order valence-corrected chi connectivity index (χ1v) is 9.17. The summed E-state index contributed by atoms with van der Waals surface area (Å²) in [4.78, 5) is 23.6. The fourth-order valence-electron chi connectivity index (χ4n) is 2.05. The van der Waals surface area contributed by atoms with E-state index in [1.54, 1.807) is 6.92 Å². The van der Waals surface area contributed by atoms with Crippen molar-refractivity contribution in [1.82, 2.24) is 0 Å². The molecule has 0 saturated carbocycles. The molecule has 134 valence electrons. The van der Waals surface area contributed by atoms with Crippen LogP contribution >= 0.6 is 7.60 Å². The molecule has 0 aliphatic carbocycles. The molecule has 8 heteroatoms. The number of Topliss-reactive ketones (excluding diaryl/α,β-unsaturated/α-hetero) is 1. The third-order valence-electron chi connectivity index (χ3n) is 3.37. The summed E-state index contributed by atoms with van der Waals surface area (Å²) in [5.41, 5.74) is 0.831. The molecule has 0 aliphatic heterocycles. The number of rotatable bonds is 10. The van der Waals surface area contributed by atoms with Gasteiger partial charge in [-0.15, -0.1) is 0 Å². The summed E-state index contributed by atoms with van der Waals surface area (Å²) in [5.74, 6) is -1.13. The maximum Gasteiger partial charge on any atom is 0.337 e. The molecule has 1 aromatic carbocycles. The highest BCUT2D eigenvalue weighted by Crippen LogP contribution is 2.46. The van der Waals surface area contributed by atoms with Crippen molar-refractivity contribution in [3.8, 4) is 0 Å². The minimum absolute atomic E-state index is 0.326. The molecule has 0 aliphatic rings. The first-order valence-electron chi connectivity index (χ1n) is 7.44.